The first-order chi connectivity index (χ1) is 8.16. The molecule has 0 aliphatic carbocycles. The zero-order chi connectivity index (χ0) is 12.3. The Kier molecular flexibility index (Phi) is 3.75. The first-order valence-electron chi connectivity index (χ1n) is 4.58. The summed E-state index contributed by atoms with van der Waals surface area (Å²) in [7, 11) is 0. The Morgan fingerprint density at radius 2 is 2.35 bits per heavy atom. The molecule has 0 aliphatic rings. The molecule has 0 atom stereocenters. The Bertz CT molecular complexity index is 532. The van der Waals surface area contributed by atoms with E-state index in [1.54, 1.807) is 6.07 Å². The molecule has 1 aromatic carbocycles. The van der Waals surface area contributed by atoms with E-state index >= 15 is 0 Å². The van der Waals surface area contributed by atoms with Gasteiger partial charge in [0.1, 0.15) is 6.33 Å². The van der Waals surface area contributed by atoms with Crippen molar-refractivity contribution >= 4 is 33.4 Å². The van der Waals surface area contributed by atoms with E-state index in [0.29, 0.717) is 5.75 Å². The molecule has 0 bridgehead atoms. The molecule has 0 saturated carbocycles. The zero-order valence-electron chi connectivity index (χ0n) is 8.46. The molecular weight excluding hydrogens is 308 g/mol. The number of rotatable bonds is 4. The molecule has 88 valence electrons. The van der Waals surface area contributed by atoms with E-state index in [-0.39, 0.29) is 5.69 Å². The van der Waals surface area contributed by atoms with Crippen LogP contribution in [0.2, 0.25) is 0 Å². The molecule has 0 radical (unpaired) electrons. The van der Waals surface area contributed by atoms with E-state index in [0.717, 1.165) is 15.2 Å². The van der Waals surface area contributed by atoms with Gasteiger partial charge in [-0.1, -0.05) is 33.8 Å². The van der Waals surface area contributed by atoms with Crippen molar-refractivity contribution < 1.29 is 4.92 Å². The summed E-state index contributed by atoms with van der Waals surface area (Å²) in [6.07, 6.45) is 1.44. The number of benzene rings is 1. The third-order valence-corrected chi connectivity index (χ3v) is 3.67. The molecular formula is C9H7BrN4O2S. The molecule has 0 amide bonds. The van der Waals surface area contributed by atoms with Crippen LogP contribution in [0.5, 0.6) is 0 Å². The number of aromatic nitrogens is 3. The van der Waals surface area contributed by atoms with E-state index in [1.165, 1.54) is 30.2 Å². The van der Waals surface area contributed by atoms with Crippen LogP contribution in [0.4, 0.5) is 5.69 Å². The molecule has 1 heterocycles. The number of H-pyrrole nitrogens is 1. The second kappa shape index (κ2) is 5.28. The van der Waals surface area contributed by atoms with Gasteiger partial charge in [-0.3, -0.25) is 15.2 Å². The largest absolute Gasteiger partial charge is 0.270 e. The van der Waals surface area contributed by atoms with Gasteiger partial charge in [0, 0.05) is 22.4 Å². The van der Waals surface area contributed by atoms with Crippen molar-refractivity contribution in [3.63, 3.8) is 0 Å². The first-order valence-corrected chi connectivity index (χ1v) is 6.35. The van der Waals surface area contributed by atoms with Crippen molar-refractivity contribution in [3.8, 4) is 0 Å². The summed E-state index contributed by atoms with van der Waals surface area (Å²) in [6, 6.07) is 4.71. The molecule has 0 saturated heterocycles. The second-order valence-electron chi connectivity index (χ2n) is 3.11. The lowest BCUT2D eigenvalue weighted by Crippen LogP contribution is -1.90. The van der Waals surface area contributed by atoms with Gasteiger partial charge in [0.25, 0.3) is 5.69 Å². The van der Waals surface area contributed by atoms with E-state index in [9.17, 15) is 10.1 Å². The van der Waals surface area contributed by atoms with Crippen LogP contribution in [-0.2, 0) is 5.75 Å². The van der Waals surface area contributed by atoms with E-state index in [2.05, 4.69) is 31.1 Å². The Labute approximate surface area is 109 Å². The normalized spacial score (nSPS) is 10.4. The predicted octanol–water partition coefficient (Wildman–Crippen LogP) is 2.77. The number of nitro groups is 1. The molecule has 1 N–H and O–H groups in total. The Balaban J connectivity index is 2.09. The molecule has 0 spiro atoms. The lowest BCUT2D eigenvalue weighted by molar-refractivity contribution is -0.384. The number of hydrogen-bond donors (Lipinski definition) is 1. The first kappa shape index (κ1) is 12.1. The Morgan fingerprint density at radius 3 is 2.94 bits per heavy atom. The van der Waals surface area contributed by atoms with Crippen LogP contribution in [-0.4, -0.2) is 20.1 Å². The van der Waals surface area contributed by atoms with Gasteiger partial charge in [0.15, 0.2) is 5.16 Å². The lowest BCUT2D eigenvalue weighted by atomic mass is 10.2. The average Bonchev–Trinajstić information content (AvgIpc) is 2.80. The fourth-order valence-corrected chi connectivity index (χ4v) is 2.65. The Hall–Kier alpha value is -1.41. The van der Waals surface area contributed by atoms with Gasteiger partial charge < -0.3 is 0 Å². The molecule has 17 heavy (non-hydrogen) atoms. The van der Waals surface area contributed by atoms with Gasteiger partial charge in [-0.2, -0.15) is 5.10 Å². The molecule has 6 nitrogen and oxygen atoms in total. The molecule has 1 aromatic heterocycles. The summed E-state index contributed by atoms with van der Waals surface area (Å²) in [5.74, 6) is 0.660. The van der Waals surface area contributed by atoms with Gasteiger partial charge in [-0.15, -0.1) is 0 Å². The van der Waals surface area contributed by atoms with Crippen molar-refractivity contribution in [1.82, 2.24) is 15.2 Å². The van der Waals surface area contributed by atoms with E-state index in [4.69, 9.17) is 0 Å². The maximum atomic E-state index is 10.6. The molecule has 8 heteroatoms. The fraction of sp³-hybridized carbons (Fsp3) is 0.111. The number of non-ortho nitro benzene ring substituents is 1. The Morgan fingerprint density at radius 1 is 1.53 bits per heavy atom. The maximum absolute atomic E-state index is 10.6. The third-order valence-electron chi connectivity index (χ3n) is 2.00. The lowest BCUT2D eigenvalue weighted by Gasteiger charge is -2.02. The number of nitrogens with one attached hydrogen (secondary N) is 1. The molecule has 2 aromatic rings. The van der Waals surface area contributed by atoms with Crippen LogP contribution in [0.15, 0.2) is 34.2 Å². The summed E-state index contributed by atoms with van der Waals surface area (Å²) < 4.78 is 0.721. The summed E-state index contributed by atoms with van der Waals surface area (Å²) in [5.41, 5.74) is 1.04. The monoisotopic (exact) mass is 314 g/mol. The molecule has 0 unspecified atom stereocenters. The zero-order valence-corrected chi connectivity index (χ0v) is 10.9. The second-order valence-corrected chi connectivity index (χ2v) is 4.93. The standard InChI is InChI=1S/C9H7BrN4O2S/c10-8-3-7(14(15)16)2-1-6(8)4-17-9-11-5-12-13-9/h1-3,5H,4H2,(H,11,12,13). The smallest absolute Gasteiger partial charge is 0.258 e. The number of aromatic amines is 1. The molecule has 0 fully saturated rings. The number of nitro benzene ring substituents is 1. The van der Waals surface area contributed by atoms with Crippen LogP contribution in [0, 0.1) is 10.1 Å². The molecule has 0 aliphatic heterocycles. The van der Waals surface area contributed by atoms with E-state index in [1.807, 2.05) is 0 Å². The van der Waals surface area contributed by atoms with Crippen molar-refractivity contribution in [2.45, 2.75) is 10.9 Å². The number of hydrogen-bond acceptors (Lipinski definition) is 5. The highest BCUT2D eigenvalue weighted by Gasteiger charge is 2.09. The van der Waals surface area contributed by atoms with Gasteiger partial charge in [-0.05, 0) is 5.56 Å². The van der Waals surface area contributed by atoms with Crippen LogP contribution in [0.25, 0.3) is 0 Å². The topological polar surface area (TPSA) is 84.7 Å². The highest BCUT2D eigenvalue weighted by Crippen LogP contribution is 2.27. The van der Waals surface area contributed by atoms with E-state index < -0.39 is 4.92 Å². The van der Waals surface area contributed by atoms with Crippen LogP contribution in [0.1, 0.15) is 5.56 Å². The van der Waals surface area contributed by atoms with Gasteiger partial charge >= 0.3 is 0 Å². The SMILES string of the molecule is O=[N+]([O-])c1ccc(CSc2ncn[nH]2)c(Br)c1. The summed E-state index contributed by atoms with van der Waals surface area (Å²) in [4.78, 5) is 14.1. The summed E-state index contributed by atoms with van der Waals surface area (Å²) in [6.45, 7) is 0. The van der Waals surface area contributed by atoms with Gasteiger partial charge in [0.2, 0.25) is 0 Å². The fourth-order valence-electron chi connectivity index (χ4n) is 1.18. The number of thioether (sulfide) groups is 1. The minimum atomic E-state index is -0.419. The van der Waals surface area contributed by atoms with Crippen molar-refractivity contribution in [2.75, 3.05) is 0 Å². The van der Waals surface area contributed by atoms with Crippen molar-refractivity contribution in [2.24, 2.45) is 0 Å². The van der Waals surface area contributed by atoms with Crippen LogP contribution >= 0.6 is 27.7 Å². The number of halogens is 1. The maximum Gasteiger partial charge on any atom is 0.270 e. The van der Waals surface area contributed by atoms with Crippen LogP contribution < -0.4 is 0 Å². The van der Waals surface area contributed by atoms with Crippen molar-refractivity contribution in [1.29, 1.82) is 0 Å². The van der Waals surface area contributed by atoms with Gasteiger partial charge in [0.05, 0.1) is 4.92 Å². The average molecular weight is 315 g/mol. The molecule has 2 rings (SSSR count). The quantitative estimate of drug-likeness (QED) is 0.533. The predicted molar refractivity (Wildman–Crippen MR) is 66.7 cm³/mol. The summed E-state index contributed by atoms with van der Waals surface area (Å²) in [5, 5.41) is 17.8. The summed E-state index contributed by atoms with van der Waals surface area (Å²) >= 11 is 4.80. The minimum Gasteiger partial charge on any atom is -0.258 e. The third kappa shape index (κ3) is 3.04. The highest BCUT2D eigenvalue weighted by atomic mass is 79.9. The van der Waals surface area contributed by atoms with Crippen molar-refractivity contribution in [3.05, 3.63) is 44.7 Å². The minimum absolute atomic E-state index is 0.0743. The van der Waals surface area contributed by atoms with Gasteiger partial charge in [-0.25, -0.2) is 4.98 Å². The van der Waals surface area contributed by atoms with Crippen LogP contribution in [0.3, 0.4) is 0 Å². The highest BCUT2D eigenvalue weighted by molar-refractivity contribution is 9.10. The number of nitrogens with zero attached hydrogens (tertiary/aromatic N) is 3.